The van der Waals surface area contributed by atoms with Crippen LogP contribution in [0.25, 0.3) is 11.1 Å². The molecule has 0 amide bonds. The Kier molecular flexibility index (Phi) is 9.27. The second-order valence-corrected chi connectivity index (χ2v) is 11.0. The maximum atomic E-state index is 2.43. The summed E-state index contributed by atoms with van der Waals surface area (Å²) in [6.45, 7) is 4.42. The quantitative estimate of drug-likeness (QED) is 0.253. The van der Waals surface area contributed by atoms with Gasteiger partial charge in [-0.25, -0.2) is 0 Å². The number of benzene rings is 2. The Labute approximate surface area is 203 Å². The summed E-state index contributed by atoms with van der Waals surface area (Å²) in [5.74, 6) is 3.84. The Balaban J connectivity index is 1.28. The number of hydrogen-bond donors (Lipinski definition) is 0. The van der Waals surface area contributed by atoms with Crippen LogP contribution in [-0.4, -0.2) is 0 Å². The molecule has 2 aliphatic rings. The maximum absolute atomic E-state index is 2.43. The molecule has 0 aliphatic heterocycles. The van der Waals surface area contributed by atoms with Gasteiger partial charge in [-0.2, -0.15) is 0 Å². The van der Waals surface area contributed by atoms with Crippen LogP contribution in [-0.2, 0) is 6.42 Å². The first kappa shape index (κ1) is 24.3. The molecule has 4 atom stereocenters. The number of aryl methyl sites for hydroxylation is 1. The lowest BCUT2D eigenvalue weighted by atomic mass is 9.63. The molecular formula is C33H46. The SMILES string of the molecule is C/C=C/CCc1ccc(-c2ccc([C@@H]3CC[C@@H]4CC(CCCCCC)CC[C@@H]4C3)cc2)cc1. The maximum Gasteiger partial charge on any atom is -0.0159 e. The van der Waals surface area contributed by atoms with Crippen LogP contribution >= 0.6 is 0 Å². The van der Waals surface area contributed by atoms with Crippen molar-refractivity contribution in [2.24, 2.45) is 17.8 Å². The minimum atomic E-state index is 0.787. The standard InChI is InChI=1S/C33H46/c1-3-5-7-9-11-27-14-17-33-25-32(23-22-31(33)24-27)30-20-18-29(19-21-30)28-15-12-26(13-16-28)10-8-6-4-2/h4,6,12-13,15-16,18-21,27,31-33H,3,5,7-11,14,17,22-25H2,1-2H3/b6-4+/t27?,31-,32-,33-/m1/s1. The molecule has 0 bridgehead atoms. The monoisotopic (exact) mass is 442 g/mol. The molecule has 0 N–H and O–H groups in total. The van der Waals surface area contributed by atoms with E-state index in [1.165, 1.54) is 87.3 Å². The van der Waals surface area contributed by atoms with Gasteiger partial charge in [0.2, 0.25) is 0 Å². The molecule has 0 heteroatoms. The lowest BCUT2D eigenvalue weighted by Crippen LogP contribution is -2.30. The van der Waals surface area contributed by atoms with E-state index in [4.69, 9.17) is 0 Å². The highest BCUT2D eigenvalue weighted by atomic mass is 14.4. The first-order valence-corrected chi connectivity index (χ1v) is 14.1. The highest BCUT2D eigenvalue weighted by molar-refractivity contribution is 5.64. The lowest BCUT2D eigenvalue weighted by molar-refractivity contribution is 0.113. The fourth-order valence-electron chi connectivity index (χ4n) is 6.64. The van der Waals surface area contributed by atoms with Crippen molar-refractivity contribution < 1.29 is 0 Å². The van der Waals surface area contributed by atoms with E-state index in [2.05, 4.69) is 74.5 Å². The van der Waals surface area contributed by atoms with Crippen LogP contribution in [0.5, 0.6) is 0 Å². The number of unbranched alkanes of at least 4 members (excludes halogenated alkanes) is 3. The van der Waals surface area contributed by atoms with Gasteiger partial charge in [0.1, 0.15) is 0 Å². The number of allylic oxidation sites excluding steroid dienone is 2. The van der Waals surface area contributed by atoms with E-state index in [1.54, 1.807) is 5.56 Å². The summed E-state index contributed by atoms with van der Waals surface area (Å²) in [7, 11) is 0. The summed E-state index contributed by atoms with van der Waals surface area (Å²) in [5, 5.41) is 0. The average Bonchev–Trinajstić information content (AvgIpc) is 2.87. The predicted octanol–water partition coefficient (Wildman–Crippen LogP) is 10.1. The Hall–Kier alpha value is -1.82. The van der Waals surface area contributed by atoms with Crippen LogP contribution in [0.1, 0.15) is 108 Å². The van der Waals surface area contributed by atoms with Gasteiger partial charge in [-0.15, -0.1) is 0 Å². The molecule has 1 unspecified atom stereocenters. The molecule has 0 aromatic heterocycles. The Morgan fingerprint density at radius 1 is 0.758 bits per heavy atom. The molecule has 0 saturated heterocycles. The van der Waals surface area contributed by atoms with Crippen LogP contribution in [0.15, 0.2) is 60.7 Å². The molecule has 2 saturated carbocycles. The van der Waals surface area contributed by atoms with Gasteiger partial charge < -0.3 is 0 Å². The summed E-state index contributed by atoms with van der Waals surface area (Å²) >= 11 is 0. The van der Waals surface area contributed by atoms with Crippen molar-refractivity contribution in [2.75, 3.05) is 0 Å². The summed E-state index contributed by atoms with van der Waals surface area (Å²) in [6, 6.07) is 18.8. The average molecular weight is 443 g/mol. The molecule has 2 aromatic rings. The molecule has 0 spiro atoms. The van der Waals surface area contributed by atoms with E-state index in [9.17, 15) is 0 Å². The van der Waals surface area contributed by atoms with Gasteiger partial charge in [0.05, 0.1) is 0 Å². The van der Waals surface area contributed by atoms with Gasteiger partial charge in [0.15, 0.2) is 0 Å². The molecule has 2 fully saturated rings. The van der Waals surface area contributed by atoms with Gasteiger partial charge in [0.25, 0.3) is 0 Å². The Morgan fingerprint density at radius 2 is 1.45 bits per heavy atom. The minimum Gasteiger partial charge on any atom is -0.0917 e. The third-order valence-electron chi connectivity index (χ3n) is 8.69. The first-order valence-electron chi connectivity index (χ1n) is 14.1. The second kappa shape index (κ2) is 12.6. The highest BCUT2D eigenvalue weighted by Crippen LogP contribution is 2.48. The number of hydrogen-bond acceptors (Lipinski definition) is 0. The van der Waals surface area contributed by atoms with Gasteiger partial charge >= 0.3 is 0 Å². The smallest absolute Gasteiger partial charge is 0.0159 e. The minimum absolute atomic E-state index is 0.787. The topological polar surface area (TPSA) is 0 Å². The van der Waals surface area contributed by atoms with Crippen molar-refractivity contribution in [3.63, 3.8) is 0 Å². The fourth-order valence-corrected chi connectivity index (χ4v) is 6.64. The summed E-state index contributed by atoms with van der Waals surface area (Å²) in [4.78, 5) is 0. The zero-order valence-corrected chi connectivity index (χ0v) is 21.3. The van der Waals surface area contributed by atoms with Crippen molar-refractivity contribution in [3.05, 3.63) is 71.8 Å². The van der Waals surface area contributed by atoms with Crippen LogP contribution in [0.4, 0.5) is 0 Å². The zero-order valence-electron chi connectivity index (χ0n) is 21.3. The second-order valence-electron chi connectivity index (χ2n) is 11.0. The van der Waals surface area contributed by atoms with E-state index in [0.717, 1.165) is 36.5 Å². The molecule has 2 aromatic carbocycles. The summed E-state index contributed by atoms with van der Waals surface area (Å²) < 4.78 is 0. The van der Waals surface area contributed by atoms with Crippen LogP contribution in [0, 0.1) is 17.8 Å². The van der Waals surface area contributed by atoms with E-state index in [0.29, 0.717) is 0 Å². The molecule has 0 radical (unpaired) electrons. The largest absolute Gasteiger partial charge is 0.0917 e. The van der Waals surface area contributed by atoms with E-state index < -0.39 is 0 Å². The van der Waals surface area contributed by atoms with Crippen LogP contribution < -0.4 is 0 Å². The lowest BCUT2D eigenvalue weighted by Gasteiger charge is -2.42. The summed E-state index contributed by atoms with van der Waals surface area (Å²) in [6.07, 6.45) is 22.7. The zero-order chi connectivity index (χ0) is 22.9. The van der Waals surface area contributed by atoms with Gasteiger partial charge in [0, 0.05) is 0 Å². The summed E-state index contributed by atoms with van der Waals surface area (Å²) in [5.41, 5.74) is 5.72. The van der Waals surface area contributed by atoms with Crippen molar-refractivity contribution in [1.82, 2.24) is 0 Å². The third-order valence-corrected chi connectivity index (χ3v) is 8.69. The molecule has 2 aliphatic carbocycles. The number of rotatable bonds is 10. The van der Waals surface area contributed by atoms with Crippen molar-refractivity contribution in [2.45, 2.75) is 103 Å². The van der Waals surface area contributed by atoms with Crippen molar-refractivity contribution >= 4 is 0 Å². The molecular weight excluding hydrogens is 396 g/mol. The molecule has 178 valence electrons. The molecule has 0 nitrogen and oxygen atoms in total. The van der Waals surface area contributed by atoms with Crippen LogP contribution in [0.2, 0.25) is 0 Å². The Bertz CT molecular complexity index is 841. The van der Waals surface area contributed by atoms with Crippen molar-refractivity contribution in [1.29, 1.82) is 0 Å². The van der Waals surface area contributed by atoms with Crippen molar-refractivity contribution in [3.8, 4) is 11.1 Å². The molecule has 0 heterocycles. The number of fused-ring (bicyclic) bond motifs is 1. The highest BCUT2D eigenvalue weighted by Gasteiger charge is 2.35. The van der Waals surface area contributed by atoms with Gasteiger partial charge in [-0.3, -0.25) is 0 Å². The van der Waals surface area contributed by atoms with Crippen LogP contribution in [0.3, 0.4) is 0 Å². The normalized spacial score (nSPS) is 25.3. The van der Waals surface area contributed by atoms with E-state index in [1.807, 2.05) is 0 Å². The molecule has 33 heavy (non-hydrogen) atoms. The molecule has 4 rings (SSSR count). The van der Waals surface area contributed by atoms with Gasteiger partial charge in [-0.05, 0) is 97.8 Å². The first-order chi connectivity index (χ1) is 16.3. The fraction of sp³-hybridized carbons (Fsp3) is 0.576. The third kappa shape index (κ3) is 6.84. The van der Waals surface area contributed by atoms with E-state index in [-0.39, 0.29) is 0 Å². The van der Waals surface area contributed by atoms with E-state index >= 15 is 0 Å². The predicted molar refractivity (Wildman–Crippen MR) is 145 cm³/mol. The Morgan fingerprint density at radius 3 is 2.18 bits per heavy atom. The van der Waals surface area contributed by atoms with Gasteiger partial charge in [-0.1, -0.05) is 106 Å².